The summed E-state index contributed by atoms with van der Waals surface area (Å²) < 4.78 is 8.33. The Morgan fingerprint density at radius 1 is 0.853 bits per heavy atom. The molecular formula is C29H34N4O. The summed E-state index contributed by atoms with van der Waals surface area (Å²) in [6.07, 6.45) is 5.47. The highest BCUT2D eigenvalue weighted by Crippen LogP contribution is 2.35. The van der Waals surface area contributed by atoms with Crippen LogP contribution in [0, 0.1) is 0 Å². The van der Waals surface area contributed by atoms with Crippen molar-refractivity contribution in [1.29, 1.82) is 0 Å². The van der Waals surface area contributed by atoms with Crippen LogP contribution in [-0.4, -0.2) is 16.6 Å². The average Bonchev–Trinajstić information content (AvgIpc) is 3.34. The fourth-order valence-corrected chi connectivity index (χ4v) is 3.85. The smallest absolute Gasteiger partial charge is 0.129 e. The van der Waals surface area contributed by atoms with Gasteiger partial charge in [-0.2, -0.15) is 0 Å². The number of imidazole rings is 1. The van der Waals surface area contributed by atoms with Gasteiger partial charge in [0.15, 0.2) is 0 Å². The molecule has 0 radical (unpaired) electrons. The van der Waals surface area contributed by atoms with Gasteiger partial charge in [-0.3, -0.25) is 0 Å². The molecule has 0 fully saturated rings. The van der Waals surface area contributed by atoms with E-state index in [1.807, 2.05) is 42.1 Å². The zero-order chi connectivity index (χ0) is 24.3. The molecule has 4 rings (SSSR count). The zero-order valence-electron chi connectivity index (χ0n) is 20.9. The second-order valence-corrected chi connectivity index (χ2v) is 10.1. The zero-order valence-corrected chi connectivity index (χ0v) is 20.9. The van der Waals surface area contributed by atoms with Crippen molar-refractivity contribution in [2.45, 2.75) is 45.6 Å². The second-order valence-electron chi connectivity index (χ2n) is 10.1. The van der Waals surface area contributed by atoms with Crippen molar-refractivity contribution in [2.24, 2.45) is 0 Å². The van der Waals surface area contributed by atoms with E-state index >= 15 is 0 Å². The molecule has 4 aromatic rings. The molecule has 1 aromatic heterocycles. The molecule has 2 N–H and O–H groups in total. The Hall–Kier alpha value is -3.57. The van der Waals surface area contributed by atoms with Gasteiger partial charge in [-0.1, -0.05) is 45.0 Å². The molecule has 5 heteroatoms. The number of nitrogens with zero attached hydrogens (tertiary/aromatic N) is 2. The molecule has 0 saturated carbocycles. The van der Waals surface area contributed by atoms with Crippen LogP contribution in [0.15, 0.2) is 85.5 Å². The predicted molar refractivity (Wildman–Crippen MR) is 141 cm³/mol. The normalized spacial score (nSPS) is 11.9. The van der Waals surface area contributed by atoms with E-state index in [4.69, 9.17) is 4.74 Å². The number of rotatable bonds is 7. The first-order chi connectivity index (χ1) is 16.2. The topological polar surface area (TPSA) is 51.1 Å². The Labute approximate surface area is 202 Å². The number of benzene rings is 3. The molecule has 5 nitrogen and oxygen atoms in total. The van der Waals surface area contributed by atoms with Crippen LogP contribution in [0.25, 0.3) is 5.69 Å². The van der Waals surface area contributed by atoms with Crippen molar-refractivity contribution in [3.63, 3.8) is 0 Å². The third-order valence-corrected chi connectivity index (χ3v) is 6.13. The molecule has 0 unspecified atom stereocenters. The minimum Gasteiger partial charge on any atom is -0.457 e. The van der Waals surface area contributed by atoms with E-state index in [0.717, 1.165) is 28.6 Å². The third-order valence-electron chi connectivity index (χ3n) is 6.13. The summed E-state index contributed by atoms with van der Waals surface area (Å²) in [6, 6.07) is 22.8. The number of aromatic nitrogens is 2. The van der Waals surface area contributed by atoms with Gasteiger partial charge < -0.3 is 19.9 Å². The van der Waals surface area contributed by atoms with Gasteiger partial charge in [0, 0.05) is 41.4 Å². The fourth-order valence-electron chi connectivity index (χ4n) is 3.85. The quantitative estimate of drug-likeness (QED) is 0.311. The van der Waals surface area contributed by atoms with E-state index in [1.165, 1.54) is 11.1 Å². The molecule has 1 heterocycles. The lowest BCUT2D eigenvalue weighted by atomic mass is 9.86. The third kappa shape index (κ3) is 5.32. The summed E-state index contributed by atoms with van der Waals surface area (Å²) in [4.78, 5) is 4.14. The maximum atomic E-state index is 6.36. The largest absolute Gasteiger partial charge is 0.457 e. The van der Waals surface area contributed by atoms with Crippen LogP contribution in [0.5, 0.6) is 11.5 Å². The number of hydrogen-bond donors (Lipinski definition) is 2. The molecule has 3 aromatic carbocycles. The standard InChI is InChI=1S/C29H34N4O/c1-28(2,3)21-16-22(32-27-13-8-7-12-26(27)29(4,5)30-6)18-25(17-21)34-24-11-9-10-23(19-24)33-15-14-31-20-33/h7-20,30,32H,1-6H3. The van der Waals surface area contributed by atoms with Gasteiger partial charge in [0.25, 0.3) is 0 Å². The number of ether oxygens (including phenoxy) is 1. The van der Waals surface area contributed by atoms with Crippen LogP contribution >= 0.6 is 0 Å². The van der Waals surface area contributed by atoms with Crippen LogP contribution in [0.2, 0.25) is 0 Å². The summed E-state index contributed by atoms with van der Waals surface area (Å²) in [6.45, 7) is 11.0. The SMILES string of the molecule is CNC(C)(C)c1ccccc1Nc1cc(Oc2cccc(-n3ccnc3)c2)cc(C(C)(C)C)c1. The van der Waals surface area contributed by atoms with E-state index in [1.54, 1.807) is 12.5 Å². The molecule has 0 aliphatic rings. The molecule has 0 aliphatic heterocycles. The molecule has 176 valence electrons. The maximum Gasteiger partial charge on any atom is 0.129 e. The Balaban J connectivity index is 1.70. The lowest BCUT2D eigenvalue weighted by Crippen LogP contribution is -2.33. The van der Waals surface area contributed by atoms with Gasteiger partial charge in [0.1, 0.15) is 11.5 Å². The minimum atomic E-state index is -0.168. The van der Waals surface area contributed by atoms with Gasteiger partial charge in [0.05, 0.1) is 12.0 Å². The summed E-state index contributed by atoms with van der Waals surface area (Å²) in [5.41, 5.74) is 5.27. The summed E-state index contributed by atoms with van der Waals surface area (Å²) in [5, 5.41) is 7.06. The van der Waals surface area contributed by atoms with Crippen LogP contribution in [0.3, 0.4) is 0 Å². The number of anilines is 2. The first-order valence-electron chi connectivity index (χ1n) is 11.6. The molecular weight excluding hydrogens is 420 g/mol. The first-order valence-corrected chi connectivity index (χ1v) is 11.6. The highest BCUT2D eigenvalue weighted by molar-refractivity contribution is 5.67. The van der Waals surface area contributed by atoms with Gasteiger partial charge in [-0.15, -0.1) is 0 Å². The molecule has 0 amide bonds. The van der Waals surface area contributed by atoms with Crippen molar-refractivity contribution in [3.05, 3.63) is 96.6 Å². The van der Waals surface area contributed by atoms with Crippen LogP contribution in [-0.2, 0) is 11.0 Å². The molecule has 0 saturated heterocycles. The summed E-state index contributed by atoms with van der Waals surface area (Å²) >= 11 is 0. The lowest BCUT2D eigenvalue weighted by molar-refractivity contribution is 0.446. The summed E-state index contributed by atoms with van der Waals surface area (Å²) in [5.74, 6) is 1.57. The van der Waals surface area contributed by atoms with E-state index in [2.05, 4.69) is 92.7 Å². The van der Waals surface area contributed by atoms with Crippen molar-refractivity contribution in [3.8, 4) is 17.2 Å². The van der Waals surface area contributed by atoms with Crippen molar-refractivity contribution in [1.82, 2.24) is 14.9 Å². The minimum absolute atomic E-state index is 0.0295. The lowest BCUT2D eigenvalue weighted by Gasteiger charge is -2.28. The van der Waals surface area contributed by atoms with Crippen LogP contribution in [0.4, 0.5) is 11.4 Å². The first kappa shape index (κ1) is 23.6. The average molecular weight is 455 g/mol. The fraction of sp³-hybridized carbons (Fsp3) is 0.276. The van der Waals surface area contributed by atoms with Crippen LogP contribution in [0.1, 0.15) is 45.7 Å². The van der Waals surface area contributed by atoms with E-state index in [-0.39, 0.29) is 11.0 Å². The van der Waals surface area contributed by atoms with Gasteiger partial charge in [0.2, 0.25) is 0 Å². The molecule has 0 aliphatic carbocycles. The second kappa shape index (κ2) is 9.35. The summed E-state index contributed by atoms with van der Waals surface area (Å²) in [7, 11) is 1.99. The molecule has 0 spiro atoms. The van der Waals surface area contributed by atoms with E-state index in [0.29, 0.717) is 0 Å². The molecule has 0 atom stereocenters. The highest BCUT2D eigenvalue weighted by Gasteiger charge is 2.22. The van der Waals surface area contributed by atoms with Crippen LogP contribution < -0.4 is 15.4 Å². The van der Waals surface area contributed by atoms with Crippen molar-refractivity contribution >= 4 is 11.4 Å². The molecule has 0 bridgehead atoms. The monoisotopic (exact) mass is 454 g/mol. The van der Waals surface area contributed by atoms with Crippen molar-refractivity contribution in [2.75, 3.05) is 12.4 Å². The van der Waals surface area contributed by atoms with Gasteiger partial charge in [-0.05, 0) is 67.8 Å². The van der Waals surface area contributed by atoms with Gasteiger partial charge >= 0.3 is 0 Å². The Morgan fingerprint density at radius 2 is 1.65 bits per heavy atom. The Kier molecular flexibility index (Phi) is 6.49. The van der Waals surface area contributed by atoms with Gasteiger partial charge in [-0.25, -0.2) is 4.98 Å². The highest BCUT2D eigenvalue weighted by atomic mass is 16.5. The number of hydrogen-bond acceptors (Lipinski definition) is 4. The van der Waals surface area contributed by atoms with Crippen molar-refractivity contribution < 1.29 is 4.74 Å². The van der Waals surface area contributed by atoms with E-state index in [9.17, 15) is 0 Å². The number of para-hydroxylation sites is 1. The Bertz CT molecular complexity index is 1250. The molecule has 34 heavy (non-hydrogen) atoms. The Morgan fingerprint density at radius 3 is 2.35 bits per heavy atom. The number of nitrogens with one attached hydrogen (secondary N) is 2. The predicted octanol–water partition coefficient (Wildman–Crippen LogP) is 7.16. The maximum absolute atomic E-state index is 6.36. The van der Waals surface area contributed by atoms with E-state index < -0.39 is 0 Å².